The van der Waals surface area contributed by atoms with Gasteiger partial charge in [-0.05, 0) is 64.3 Å². The maximum absolute atomic E-state index is 12.7. The third kappa shape index (κ3) is 5.51. The molecule has 7 nitrogen and oxygen atoms in total. The maximum atomic E-state index is 12.7. The SMILES string of the molecule is CO[C@@H]1[C@H](NC(=O)CC(=O)CSc2ccc(N)cc2)CC[C@]2(CO2)[C@H]1[C@@]1(C)O[C@@H]1CC=C(C)C. The van der Waals surface area contributed by atoms with Crippen LogP contribution in [-0.4, -0.2) is 60.6 Å². The van der Waals surface area contributed by atoms with Crippen molar-refractivity contribution in [2.45, 2.75) is 80.8 Å². The molecule has 4 rings (SSSR count). The van der Waals surface area contributed by atoms with Crippen molar-refractivity contribution >= 4 is 29.1 Å². The quantitative estimate of drug-likeness (QED) is 0.171. The van der Waals surface area contributed by atoms with Gasteiger partial charge in [-0.1, -0.05) is 11.6 Å². The molecule has 0 aromatic heterocycles. The molecule has 3 aliphatic rings. The van der Waals surface area contributed by atoms with Gasteiger partial charge in [0.05, 0.1) is 42.6 Å². The third-order valence-corrected chi connectivity index (χ3v) is 8.35. The summed E-state index contributed by atoms with van der Waals surface area (Å²) < 4.78 is 18.2. The van der Waals surface area contributed by atoms with Crippen LogP contribution in [0.1, 0.15) is 46.5 Å². The number of methoxy groups -OCH3 is 1. The van der Waals surface area contributed by atoms with Gasteiger partial charge in [0.2, 0.25) is 5.91 Å². The maximum Gasteiger partial charge on any atom is 0.227 e. The predicted octanol–water partition coefficient (Wildman–Crippen LogP) is 3.51. The molecule has 186 valence electrons. The van der Waals surface area contributed by atoms with E-state index < -0.39 is 0 Å². The molecule has 1 aliphatic carbocycles. The molecule has 2 heterocycles. The van der Waals surface area contributed by atoms with Crippen molar-refractivity contribution < 1.29 is 23.8 Å². The number of ether oxygens (including phenoxy) is 3. The Morgan fingerprint density at radius 1 is 1.29 bits per heavy atom. The van der Waals surface area contributed by atoms with Crippen molar-refractivity contribution in [3.8, 4) is 0 Å². The fourth-order valence-corrected chi connectivity index (χ4v) is 6.12. The van der Waals surface area contributed by atoms with Crippen LogP contribution >= 0.6 is 11.8 Å². The summed E-state index contributed by atoms with van der Waals surface area (Å²) in [6.45, 7) is 7.02. The average molecular weight is 489 g/mol. The van der Waals surface area contributed by atoms with Crippen LogP contribution in [0.4, 0.5) is 5.69 Å². The number of rotatable bonds is 10. The Labute approximate surface area is 206 Å². The van der Waals surface area contributed by atoms with Gasteiger partial charge in [0, 0.05) is 23.6 Å². The van der Waals surface area contributed by atoms with Crippen LogP contribution in [0.3, 0.4) is 0 Å². The number of nitrogen functional groups attached to an aromatic ring is 1. The number of nitrogens with two attached hydrogens (primary N) is 1. The number of thioether (sulfide) groups is 1. The smallest absolute Gasteiger partial charge is 0.227 e. The number of nitrogens with one attached hydrogen (secondary N) is 1. The highest BCUT2D eigenvalue weighted by Gasteiger charge is 2.71. The van der Waals surface area contributed by atoms with E-state index in [4.69, 9.17) is 19.9 Å². The predicted molar refractivity (Wildman–Crippen MR) is 133 cm³/mol. The van der Waals surface area contributed by atoms with E-state index in [2.05, 4.69) is 32.2 Å². The lowest BCUT2D eigenvalue weighted by molar-refractivity contribution is -0.130. The number of Topliss-reactive ketones (excluding diaryl/α,β-unsaturated/α-hetero) is 1. The third-order valence-electron chi connectivity index (χ3n) is 7.28. The number of benzene rings is 1. The molecule has 1 spiro atoms. The number of carbonyl (C=O) groups is 2. The van der Waals surface area contributed by atoms with E-state index in [1.807, 2.05) is 12.1 Å². The van der Waals surface area contributed by atoms with Crippen LogP contribution in [0, 0.1) is 5.92 Å². The van der Waals surface area contributed by atoms with Crippen LogP contribution in [0.5, 0.6) is 0 Å². The Morgan fingerprint density at radius 2 is 2.00 bits per heavy atom. The van der Waals surface area contributed by atoms with Crippen molar-refractivity contribution in [2.24, 2.45) is 5.92 Å². The van der Waals surface area contributed by atoms with Gasteiger partial charge < -0.3 is 25.3 Å². The van der Waals surface area contributed by atoms with Crippen LogP contribution in [0.25, 0.3) is 0 Å². The van der Waals surface area contributed by atoms with E-state index in [9.17, 15) is 9.59 Å². The molecule has 0 unspecified atom stereocenters. The van der Waals surface area contributed by atoms with Gasteiger partial charge >= 0.3 is 0 Å². The lowest BCUT2D eigenvalue weighted by Crippen LogP contribution is -2.59. The highest BCUT2D eigenvalue weighted by Crippen LogP contribution is 2.59. The van der Waals surface area contributed by atoms with Crippen LogP contribution in [0.15, 0.2) is 40.8 Å². The van der Waals surface area contributed by atoms with Crippen molar-refractivity contribution in [1.29, 1.82) is 0 Å². The Balaban J connectivity index is 1.34. The Morgan fingerprint density at radius 3 is 2.62 bits per heavy atom. The van der Waals surface area contributed by atoms with E-state index in [0.717, 1.165) is 24.2 Å². The monoisotopic (exact) mass is 488 g/mol. The molecule has 1 aromatic rings. The standard InChI is InChI=1S/C26H36N2O5S/c1-16(2)5-10-21-25(3,33-21)24-23(31-4)20(11-12-26(24)15-32-26)28-22(30)13-18(29)14-34-19-8-6-17(27)7-9-19/h5-9,20-21,23-24H,10-15,27H2,1-4H3,(H,28,30)/t20-,21-,23-,24-,25+,26+/m1/s1. The fraction of sp³-hybridized carbons (Fsp3) is 0.615. The molecule has 8 heteroatoms. The number of anilines is 1. The molecule has 6 atom stereocenters. The van der Waals surface area contributed by atoms with Gasteiger partial charge in [0.1, 0.15) is 5.60 Å². The lowest BCUT2D eigenvalue weighted by Gasteiger charge is -2.43. The van der Waals surface area contributed by atoms with Gasteiger partial charge in [-0.25, -0.2) is 0 Å². The summed E-state index contributed by atoms with van der Waals surface area (Å²) in [5, 5.41) is 3.08. The van der Waals surface area contributed by atoms with E-state index in [-0.39, 0.29) is 59.2 Å². The first-order chi connectivity index (χ1) is 16.2. The number of epoxide rings is 2. The molecule has 1 aromatic carbocycles. The van der Waals surface area contributed by atoms with Crippen molar-refractivity contribution in [2.75, 3.05) is 25.2 Å². The zero-order valence-electron chi connectivity index (χ0n) is 20.5. The number of hydrogen-bond donors (Lipinski definition) is 2. The summed E-state index contributed by atoms with van der Waals surface area (Å²) in [5.41, 5.74) is 7.07. The molecule has 34 heavy (non-hydrogen) atoms. The molecule has 0 bridgehead atoms. The van der Waals surface area contributed by atoms with Crippen molar-refractivity contribution in [1.82, 2.24) is 5.32 Å². The average Bonchev–Trinajstić information content (AvgIpc) is 3.70. The summed E-state index contributed by atoms with van der Waals surface area (Å²) in [6.07, 6.45) is 4.40. The Hall–Kier alpha value is -1.87. The van der Waals surface area contributed by atoms with E-state index in [1.54, 1.807) is 19.2 Å². The highest BCUT2D eigenvalue weighted by atomic mass is 32.2. The molecule has 3 N–H and O–H groups in total. The van der Waals surface area contributed by atoms with Gasteiger partial charge in [-0.3, -0.25) is 9.59 Å². The number of ketones is 1. The molecule has 2 aliphatic heterocycles. The molecule has 2 saturated heterocycles. The largest absolute Gasteiger partial charge is 0.399 e. The van der Waals surface area contributed by atoms with Gasteiger partial charge in [-0.2, -0.15) is 0 Å². The molecule has 0 radical (unpaired) electrons. The van der Waals surface area contributed by atoms with Crippen LogP contribution < -0.4 is 11.1 Å². The second kappa shape index (κ2) is 10.0. The Bertz CT molecular complexity index is 941. The van der Waals surface area contributed by atoms with Crippen molar-refractivity contribution in [3.05, 3.63) is 35.9 Å². The summed E-state index contributed by atoms with van der Waals surface area (Å²) >= 11 is 1.41. The number of carbonyl (C=O) groups excluding carboxylic acids is 2. The van der Waals surface area contributed by atoms with Crippen molar-refractivity contribution in [3.63, 3.8) is 0 Å². The Kier molecular flexibility index (Phi) is 7.43. The van der Waals surface area contributed by atoms with Crippen LogP contribution in [0.2, 0.25) is 0 Å². The molecular weight excluding hydrogens is 452 g/mol. The molecular formula is C26H36N2O5S. The number of hydrogen-bond acceptors (Lipinski definition) is 7. The zero-order chi connectivity index (χ0) is 24.5. The second-order valence-electron chi connectivity index (χ2n) is 10.1. The normalized spacial score (nSPS) is 33.9. The van der Waals surface area contributed by atoms with Gasteiger partial charge in [-0.15, -0.1) is 11.8 Å². The summed E-state index contributed by atoms with van der Waals surface area (Å²) in [4.78, 5) is 26.1. The summed E-state index contributed by atoms with van der Waals surface area (Å²) in [5.74, 6) is -0.101. The van der Waals surface area contributed by atoms with Crippen LogP contribution in [-0.2, 0) is 23.8 Å². The first-order valence-corrected chi connectivity index (χ1v) is 12.9. The number of allylic oxidation sites excluding steroid dienone is 1. The fourth-order valence-electron chi connectivity index (χ4n) is 5.36. The summed E-state index contributed by atoms with van der Waals surface area (Å²) in [7, 11) is 1.68. The van der Waals surface area contributed by atoms with Gasteiger partial charge in [0.15, 0.2) is 5.78 Å². The highest BCUT2D eigenvalue weighted by molar-refractivity contribution is 8.00. The topological polar surface area (TPSA) is 106 Å². The minimum atomic E-state index is -0.349. The van der Waals surface area contributed by atoms with Gasteiger partial charge in [0.25, 0.3) is 0 Å². The van der Waals surface area contributed by atoms with E-state index >= 15 is 0 Å². The molecule has 1 saturated carbocycles. The summed E-state index contributed by atoms with van der Waals surface area (Å²) in [6, 6.07) is 7.17. The van der Waals surface area contributed by atoms with E-state index in [1.165, 1.54) is 17.3 Å². The first-order valence-electron chi connectivity index (χ1n) is 11.9. The molecule has 1 amide bonds. The minimum Gasteiger partial charge on any atom is -0.399 e. The minimum absolute atomic E-state index is 0.0244. The molecule has 3 fully saturated rings. The van der Waals surface area contributed by atoms with E-state index in [0.29, 0.717) is 12.3 Å². The second-order valence-corrected chi connectivity index (χ2v) is 11.2. The number of amides is 1. The lowest BCUT2D eigenvalue weighted by atomic mass is 9.67. The zero-order valence-corrected chi connectivity index (χ0v) is 21.3. The first kappa shape index (κ1) is 25.2.